The van der Waals surface area contributed by atoms with Crippen molar-refractivity contribution >= 4 is 29.5 Å². The molecule has 15 heavy (non-hydrogen) atoms. The van der Waals surface area contributed by atoms with Crippen LogP contribution in [0.3, 0.4) is 0 Å². The van der Waals surface area contributed by atoms with Gasteiger partial charge in [-0.1, -0.05) is 0 Å². The maximum atomic E-state index is 11.1. The molecule has 1 N–H and O–H groups in total. The molecule has 0 aromatic carbocycles. The van der Waals surface area contributed by atoms with E-state index in [4.69, 9.17) is 5.11 Å². The molecule has 0 radical (unpaired) electrons. The molecule has 0 aromatic heterocycles. The fourth-order valence-corrected chi connectivity index (χ4v) is 7.54. The van der Waals surface area contributed by atoms with E-state index in [1.54, 1.807) is 0 Å². The number of rotatable bonds is 1. The summed E-state index contributed by atoms with van der Waals surface area (Å²) in [6.45, 7) is 0. The number of carbonyl (C=O) groups is 1. The Morgan fingerprint density at radius 3 is 2.13 bits per heavy atom. The topological polar surface area (TPSA) is 37.3 Å². The highest BCUT2D eigenvalue weighted by atomic mass is 32.2. The number of thioether (sulfide) groups is 2. The lowest BCUT2D eigenvalue weighted by atomic mass is 9.80. The molecule has 3 fully saturated rings. The molecule has 4 heteroatoms. The Bertz CT molecular complexity index is 270. The van der Waals surface area contributed by atoms with Crippen molar-refractivity contribution in [1.29, 1.82) is 0 Å². The van der Waals surface area contributed by atoms with Gasteiger partial charge < -0.3 is 5.11 Å². The first-order valence-electron chi connectivity index (χ1n) is 5.73. The van der Waals surface area contributed by atoms with Gasteiger partial charge in [-0.25, -0.2) is 0 Å². The van der Waals surface area contributed by atoms with Crippen LogP contribution in [0.5, 0.6) is 0 Å². The van der Waals surface area contributed by atoms with E-state index in [1.165, 1.54) is 24.3 Å². The lowest BCUT2D eigenvalue weighted by Gasteiger charge is -2.41. The van der Waals surface area contributed by atoms with E-state index in [0.29, 0.717) is 15.9 Å². The summed E-state index contributed by atoms with van der Waals surface area (Å²) in [7, 11) is 0. The SMILES string of the molecule is O=C(O)C1C[C@@H]2CC[C@@H](C1)C21SCCS1. The summed E-state index contributed by atoms with van der Waals surface area (Å²) in [4.78, 5) is 11.1. The molecule has 2 bridgehead atoms. The summed E-state index contributed by atoms with van der Waals surface area (Å²) in [5.74, 6) is 3.29. The minimum Gasteiger partial charge on any atom is -0.481 e. The third-order valence-electron chi connectivity index (χ3n) is 4.23. The average Bonchev–Trinajstić information content (AvgIpc) is 2.72. The van der Waals surface area contributed by atoms with Gasteiger partial charge in [0.1, 0.15) is 0 Å². The van der Waals surface area contributed by atoms with E-state index in [1.807, 2.05) is 0 Å². The van der Waals surface area contributed by atoms with Gasteiger partial charge in [0.15, 0.2) is 0 Å². The van der Waals surface area contributed by atoms with E-state index in [9.17, 15) is 4.79 Å². The third-order valence-corrected chi connectivity index (χ3v) is 8.25. The summed E-state index contributed by atoms with van der Waals surface area (Å²) < 4.78 is 0.436. The van der Waals surface area contributed by atoms with E-state index >= 15 is 0 Å². The van der Waals surface area contributed by atoms with Crippen molar-refractivity contribution in [2.24, 2.45) is 17.8 Å². The van der Waals surface area contributed by atoms with E-state index in [2.05, 4.69) is 23.5 Å². The molecule has 3 rings (SSSR count). The Labute approximate surface area is 98.6 Å². The van der Waals surface area contributed by atoms with Crippen molar-refractivity contribution in [3.63, 3.8) is 0 Å². The molecule has 2 nitrogen and oxygen atoms in total. The largest absolute Gasteiger partial charge is 0.481 e. The highest BCUT2D eigenvalue weighted by molar-refractivity contribution is 8.21. The summed E-state index contributed by atoms with van der Waals surface area (Å²) in [6.07, 6.45) is 4.42. The molecular formula is C11H16O2S2. The summed E-state index contributed by atoms with van der Waals surface area (Å²) in [5, 5.41) is 9.12. The zero-order valence-corrected chi connectivity index (χ0v) is 10.3. The molecule has 1 spiro atoms. The number of aliphatic carboxylic acids is 1. The van der Waals surface area contributed by atoms with Crippen molar-refractivity contribution in [2.75, 3.05) is 11.5 Å². The maximum absolute atomic E-state index is 11.1. The Hall–Kier alpha value is 0.170. The summed E-state index contributed by atoms with van der Waals surface area (Å²) >= 11 is 4.26. The van der Waals surface area contributed by atoms with Crippen LogP contribution in [0.2, 0.25) is 0 Å². The van der Waals surface area contributed by atoms with Crippen LogP contribution in [-0.2, 0) is 4.79 Å². The van der Waals surface area contributed by atoms with Gasteiger partial charge >= 0.3 is 5.97 Å². The molecular weight excluding hydrogens is 228 g/mol. The summed E-state index contributed by atoms with van der Waals surface area (Å²) in [5.41, 5.74) is 0. The molecule has 0 aromatic rings. The molecule has 1 saturated heterocycles. The van der Waals surface area contributed by atoms with Crippen molar-refractivity contribution < 1.29 is 9.90 Å². The number of carboxylic acid groups (broad SMARTS) is 1. The van der Waals surface area contributed by atoms with Gasteiger partial charge in [0.25, 0.3) is 0 Å². The Morgan fingerprint density at radius 2 is 1.67 bits per heavy atom. The zero-order chi connectivity index (χ0) is 10.5. The van der Waals surface area contributed by atoms with Gasteiger partial charge in [0, 0.05) is 11.5 Å². The van der Waals surface area contributed by atoms with Crippen LogP contribution in [0.1, 0.15) is 25.7 Å². The van der Waals surface area contributed by atoms with Gasteiger partial charge in [0.05, 0.1) is 10.00 Å². The first kappa shape index (κ1) is 10.3. The second kappa shape index (κ2) is 3.59. The quantitative estimate of drug-likeness (QED) is 0.769. The number of hydrogen-bond acceptors (Lipinski definition) is 3. The normalized spacial score (nSPS) is 42.3. The Kier molecular flexibility index (Phi) is 2.47. The molecule has 2 atom stereocenters. The lowest BCUT2D eigenvalue weighted by Crippen LogP contribution is -2.39. The zero-order valence-electron chi connectivity index (χ0n) is 8.65. The first-order valence-corrected chi connectivity index (χ1v) is 7.70. The van der Waals surface area contributed by atoms with E-state index < -0.39 is 5.97 Å². The van der Waals surface area contributed by atoms with Crippen LogP contribution in [0.25, 0.3) is 0 Å². The predicted octanol–water partition coefficient (Wildman–Crippen LogP) is 2.68. The van der Waals surface area contributed by atoms with Crippen LogP contribution in [0.15, 0.2) is 0 Å². The van der Waals surface area contributed by atoms with Gasteiger partial charge in [-0.05, 0) is 37.5 Å². The van der Waals surface area contributed by atoms with Crippen LogP contribution in [-0.4, -0.2) is 26.7 Å². The van der Waals surface area contributed by atoms with Crippen molar-refractivity contribution in [1.82, 2.24) is 0 Å². The molecule has 0 unspecified atom stereocenters. The number of carboxylic acids is 1. The molecule has 0 amide bonds. The molecule has 84 valence electrons. The smallest absolute Gasteiger partial charge is 0.306 e. The lowest BCUT2D eigenvalue weighted by molar-refractivity contribution is -0.143. The fourth-order valence-electron chi connectivity index (χ4n) is 3.60. The van der Waals surface area contributed by atoms with Gasteiger partial charge in [0.2, 0.25) is 0 Å². The van der Waals surface area contributed by atoms with Crippen LogP contribution >= 0.6 is 23.5 Å². The third kappa shape index (κ3) is 1.44. The Morgan fingerprint density at radius 1 is 1.13 bits per heavy atom. The highest BCUT2D eigenvalue weighted by Gasteiger charge is 2.57. The molecule has 1 heterocycles. The maximum Gasteiger partial charge on any atom is 0.306 e. The highest BCUT2D eigenvalue weighted by Crippen LogP contribution is 2.65. The minimum atomic E-state index is -0.560. The monoisotopic (exact) mass is 244 g/mol. The fraction of sp³-hybridized carbons (Fsp3) is 0.909. The van der Waals surface area contributed by atoms with Crippen LogP contribution in [0.4, 0.5) is 0 Å². The van der Waals surface area contributed by atoms with E-state index in [0.717, 1.165) is 12.8 Å². The molecule has 2 saturated carbocycles. The van der Waals surface area contributed by atoms with Crippen LogP contribution in [0, 0.1) is 17.8 Å². The molecule has 1 aliphatic heterocycles. The predicted molar refractivity (Wildman–Crippen MR) is 64.2 cm³/mol. The van der Waals surface area contributed by atoms with Crippen molar-refractivity contribution in [3.8, 4) is 0 Å². The first-order chi connectivity index (χ1) is 7.22. The molecule has 2 aliphatic carbocycles. The van der Waals surface area contributed by atoms with Crippen molar-refractivity contribution in [2.45, 2.75) is 29.8 Å². The standard InChI is InChI=1S/C11H16O2S2/c12-10(13)7-5-8-1-2-9(6-7)11(8)14-3-4-15-11/h7-9H,1-6H2,(H,12,13)/t8-,9-/m0/s1. The van der Waals surface area contributed by atoms with Crippen LogP contribution < -0.4 is 0 Å². The van der Waals surface area contributed by atoms with Gasteiger partial charge in [-0.2, -0.15) is 0 Å². The summed E-state index contributed by atoms with van der Waals surface area (Å²) in [6, 6.07) is 0. The second-order valence-electron chi connectivity index (χ2n) is 4.90. The Balaban J connectivity index is 1.84. The number of hydrogen-bond donors (Lipinski definition) is 1. The van der Waals surface area contributed by atoms with Gasteiger partial charge in [-0.3, -0.25) is 4.79 Å². The van der Waals surface area contributed by atoms with Crippen molar-refractivity contribution in [3.05, 3.63) is 0 Å². The van der Waals surface area contributed by atoms with Gasteiger partial charge in [-0.15, -0.1) is 23.5 Å². The molecule has 3 aliphatic rings. The van der Waals surface area contributed by atoms with E-state index in [-0.39, 0.29) is 5.92 Å². The second-order valence-corrected chi connectivity index (χ2v) is 7.90. The average molecular weight is 244 g/mol. The minimum absolute atomic E-state index is 0.0464.